The Labute approximate surface area is 141 Å². The highest BCUT2D eigenvalue weighted by Crippen LogP contribution is 2.19. The number of nitrogens with zero attached hydrogens (tertiary/aromatic N) is 4. The minimum atomic E-state index is -0.846. The number of ketones is 1. The van der Waals surface area contributed by atoms with Crippen LogP contribution in [0.1, 0.15) is 20.7 Å². The van der Waals surface area contributed by atoms with E-state index in [1.165, 1.54) is 33.7 Å². The van der Waals surface area contributed by atoms with E-state index < -0.39 is 11.8 Å². The first kappa shape index (κ1) is 16.2. The molecule has 0 bridgehead atoms. The van der Waals surface area contributed by atoms with Crippen LogP contribution in [-0.4, -0.2) is 31.3 Å². The molecule has 0 spiro atoms. The number of nitrogens with two attached hydrogens (primary N) is 2. The second-order valence-electron chi connectivity index (χ2n) is 5.43. The van der Waals surface area contributed by atoms with Crippen LogP contribution in [0, 0.1) is 0 Å². The Bertz CT molecular complexity index is 1030. The molecule has 5 N–H and O–H groups in total. The number of primary amides is 1. The average Bonchev–Trinajstić information content (AvgIpc) is 2.83. The Morgan fingerprint density at radius 2 is 2.08 bits per heavy atom. The van der Waals surface area contributed by atoms with Gasteiger partial charge in [-0.3, -0.25) is 14.2 Å². The van der Waals surface area contributed by atoms with E-state index in [1.54, 1.807) is 7.05 Å². The van der Waals surface area contributed by atoms with E-state index in [9.17, 15) is 19.8 Å². The average molecular weight is 342 g/mol. The van der Waals surface area contributed by atoms with Crippen molar-refractivity contribution in [3.05, 3.63) is 35.7 Å². The third-order valence-electron chi connectivity index (χ3n) is 3.69. The smallest absolute Gasteiger partial charge is 0.307 e. The standard InChI is InChI=1S/C15H14N6O4/c1-20-6-21(13-11(20)14(25)19-15(17)18-13)5-10(23)7-2-3-9(22)8(4-7)12(16)24/h2-4,6H,5H2,1H3,(H5-,16,17,18,19,22,23,24,25). The highest BCUT2D eigenvalue weighted by Gasteiger charge is 2.21. The SMILES string of the molecule is Cn1c[n+](CC(=O)c2ccc(O)c(C(N)=O)c2)c2nc(N)nc([O-])c21. The lowest BCUT2D eigenvalue weighted by Crippen LogP contribution is -2.37. The number of carbonyl (C=O) groups excluding carboxylic acids is 2. The van der Waals surface area contributed by atoms with Gasteiger partial charge in [-0.25, -0.2) is 9.55 Å². The zero-order valence-corrected chi connectivity index (χ0v) is 13.1. The van der Waals surface area contributed by atoms with Gasteiger partial charge in [0.15, 0.2) is 17.6 Å². The summed E-state index contributed by atoms with van der Waals surface area (Å²) in [5.74, 6) is -2.26. The Morgan fingerprint density at radius 3 is 2.76 bits per heavy atom. The number of aromatic nitrogens is 4. The van der Waals surface area contributed by atoms with Crippen LogP contribution >= 0.6 is 0 Å². The number of Topliss-reactive ketones (excluding diaryl/α,β-unsaturated/α-hetero) is 1. The first-order valence-corrected chi connectivity index (χ1v) is 7.13. The molecule has 3 aromatic rings. The molecule has 0 aliphatic rings. The number of rotatable bonds is 4. The van der Waals surface area contributed by atoms with Crippen LogP contribution in [0.25, 0.3) is 11.2 Å². The number of aromatic hydroxyl groups is 1. The third-order valence-corrected chi connectivity index (χ3v) is 3.69. The molecule has 25 heavy (non-hydrogen) atoms. The van der Waals surface area contributed by atoms with Crippen LogP contribution in [0.15, 0.2) is 24.5 Å². The van der Waals surface area contributed by atoms with Gasteiger partial charge in [0, 0.05) is 11.4 Å². The maximum Gasteiger partial charge on any atom is 0.307 e. The molecule has 0 saturated heterocycles. The molecule has 0 aliphatic carbocycles. The molecular formula is C15H14N6O4. The van der Waals surface area contributed by atoms with E-state index >= 15 is 0 Å². The molecule has 2 heterocycles. The Kier molecular flexibility index (Phi) is 3.72. The van der Waals surface area contributed by atoms with Crippen molar-refractivity contribution in [3.8, 4) is 11.6 Å². The van der Waals surface area contributed by atoms with Crippen molar-refractivity contribution >= 4 is 28.8 Å². The van der Waals surface area contributed by atoms with Gasteiger partial charge >= 0.3 is 5.65 Å². The fourth-order valence-electron chi connectivity index (χ4n) is 2.54. The van der Waals surface area contributed by atoms with E-state index in [1.807, 2.05) is 0 Å². The monoisotopic (exact) mass is 342 g/mol. The van der Waals surface area contributed by atoms with Crippen LogP contribution in [-0.2, 0) is 13.6 Å². The lowest BCUT2D eigenvalue weighted by atomic mass is 10.1. The summed E-state index contributed by atoms with van der Waals surface area (Å²) in [4.78, 5) is 31.4. The summed E-state index contributed by atoms with van der Waals surface area (Å²) in [6.45, 7) is -0.157. The molecule has 0 atom stereocenters. The minimum Gasteiger partial charge on any atom is -0.856 e. The van der Waals surface area contributed by atoms with Crippen molar-refractivity contribution in [2.75, 3.05) is 5.73 Å². The lowest BCUT2D eigenvalue weighted by Gasteiger charge is -2.05. The molecule has 2 aromatic heterocycles. The number of imidazole rings is 1. The van der Waals surface area contributed by atoms with Crippen LogP contribution in [0.4, 0.5) is 5.95 Å². The van der Waals surface area contributed by atoms with Gasteiger partial charge in [0.2, 0.25) is 0 Å². The van der Waals surface area contributed by atoms with Gasteiger partial charge in [0.05, 0.1) is 12.6 Å². The van der Waals surface area contributed by atoms with Gasteiger partial charge in [0.1, 0.15) is 12.3 Å². The van der Waals surface area contributed by atoms with Crippen LogP contribution < -0.4 is 21.1 Å². The van der Waals surface area contributed by atoms with Crippen LogP contribution in [0.3, 0.4) is 0 Å². The molecular weight excluding hydrogens is 328 g/mol. The lowest BCUT2D eigenvalue weighted by molar-refractivity contribution is -0.659. The molecule has 0 radical (unpaired) electrons. The van der Waals surface area contributed by atoms with Crippen molar-refractivity contribution in [1.29, 1.82) is 0 Å². The molecule has 0 aliphatic heterocycles. The Hall–Kier alpha value is -3.69. The second-order valence-corrected chi connectivity index (χ2v) is 5.43. The Balaban J connectivity index is 2.01. The van der Waals surface area contributed by atoms with Crippen molar-refractivity contribution in [2.24, 2.45) is 12.8 Å². The number of benzene rings is 1. The van der Waals surface area contributed by atoms with Gasteiger partial charge in [0.25, 0.3) is 11.9 Å². The molecule has 128 valence electrons. The predicted octanol–water partition coefficient (Wildman–Crippen LogP) is -1.40. The van der Waals surface area contributed by atoms with Gasteiger partial charge < -0.3 is 21.7 Å². The molecule has 0 fully saturated rings. The zero-order valence-electron chi connectivity index (χ0n) is 13.1. The van der Waals surface area contributed by atoms with Crippen LogP contribution in [0.2, 0.25) is 0 Å². The molecule has 10 nitrogen and oxygen atoms in total. The molecule has 1 aromatic carbocycles. The maximum atomic E-state index is 12.5. The van der Waals surface area contributed by atoms with Crippen molar-refractivity contribution in [3.63, 3.8) is 0 Å². The first-order chi connectivity index (χ1) is 11.8. The number of aryl methyl sites for hydroxylation is 1. The number of amides is 1. The molecule has 10 heteroatoms. The predicted molar refractivity (Wildman–Crippen MR) is 83.5 cm³/mol. The molecule has 0 unspecified atom stereocenters. The first-order valence-electron chi connectivity index (χ1n) is 7.13. The fraction of sp³-hybridized carbons (Fsp3) is 0.133. The van der Waals surface area contributed by atoms with Gasteiger partial charge in [-0.15, -0.1) is 0 Å². The minimum absolute atomic E-state index is 0.151. The number of phenols is 1. The number of hydrogen-bond acceptors (Lipinski definition) is 7. The summed E-state index contributed by atoms with van der Waals surface area (Å²) in [6.07, 6.45) is 1.52. The quantitative estimate of drug-likeness (QED) is 0.387. The van der Waals surface area contributed by atoms with Crippen molar-refractivity contribution in [2.45, 2.75) is 6.54 Å². The van der Waals surface area contributed by atoms with E-state index in [0.29, 0.717) is 0 Å². The summed E-state index contributed by atoms with van der Waals surface area (Å²) in [5, 5.41) is 21.5. The normalized spacial score (nSPS) is 10.9. The highest BCUT2D eigenvalue weighted by atomic mass is 16.3. The van der Waals surface area contributed by atoms with Gasteiger partial charge in [-0.1, -0.05) is 4.98 Å². The summed E-state index contributed by atoms with van der Waals surface area (Å²) in [6, 6.07) is 3.81. The molecule has 3 rings (SSSR count). The third kappa shape index (κ3) is 2.80. The van der Waals surface area contributed by atoms with Gasteiger partial charge in [-0.2, -0.15) is 0 Å². The van der Waals surface area contributed by atoms with E-state index in [2.05, 4.69) is 9.97 Å². The number of nitrogen functional groups attached to an aromatic ring is 1. The number of carbonyl (C=O) groups is 2. The van der Waals surface area contributed by atoms with Gasteiger partial charge in [-0.05, 0) is 18.2 Å². The molecule has 1 amide bonds. The van der Waals surface area contributed by atoms with Crippen molar-refractivity contribution in [1.82, 2.24) is 14.5 Å². The van der Waals surface area contributed by atoms with E-state index in [-0.39, 0.29) is 46.3 Å². The maximum absolute atomic E-state index is 12.5. The fourth-order valence-corrected chi connectivity index (χ4v) is 2.54. The summed E-state index contributed by atoms with van der Waals surface area (Å²) in [5.41, 5.74) is 11.1. The Morgan fingerprint density at radius 1 is 1.36 bits per heavy atom. The summed E-state index contributed by atoms with van der Waals surface area (Å²) in [7, 11) is 1.62. The summed E-state index contributed by atoms with van der Waals surface area (Å²) >= 11 is 0. The van der Waals surface area contributed by atoms with E-state index in [4.69, 9.17) is 11.5 Å². The van der Waals surface area contributed by atoms with E-state index in [0.717, 1.165) is 0 Å². The number of hydrogen-bond donors (Lipinski definition) is 3. The zero-order chi connectivity index (χ0) is 18.3. The topological polar surface area (TPSA) is 164 Å². The largest absolute Gasteiger partial charge is 0.856 e. The van der Waals surface area contributed by atoms with Crippen LogP contribution in [0.5, 0.6) is 11.6 Å². The second kappa shape index (κ2) is 5.74. The highest BCUT2D eigenvalue weighted by molar-refractivity contribution is 6.01. The summed E-state index contributed by atoms with van der Waals surface area (Å²) < 4.78 is 2.95. The number of fused-ring (bicyclic) bond motifs is 1. The number of anilines is 1. The van der Waals surface area contributed by atoms with Crippen molar-refractivity contribution < 1.29 is 24.4 Å². The molecule has 0 saturated carbocycles.